The molecule has 7 heteroatoms. The van der Waals surface area contributed by atoms with Crippen molar-refractivity contribution < 1.29 is 18.7 Å². The van der Waals surface area contributed by atoms with Crippen LogP contribution in [0, 0.1) is 12.7 Å². The number of aryl methyl sites for hydroxylation is 1. The summed E-state index contributed by atoms with van der Waals surface area (Å²) < 4.78 is 25.1. The number of amides is 1. The molecule has 0 bridgehead atoms. The van der Waals surface area contributed by atoms with Crippen LogP contribution in [0.1, 0.15) is 17.5 Å². The number of hydrogen-bond donors (Lipinski definition) is 2. The van der Waals surface area contributed by atoms with Gasteiger partial charge in [0.05, 0.1) is 24.5 Å². The van der Waals surface area contributed by atoms with Crippen LogP contribution in [0.4, 0.5) is 21.5 Å². The summed E-state index contributed by atoms with van der Waals surface area (Å²) in [6, 6.07) is 10.6. The third-order valence-electron chi connectivity index (χ3n) is 5.16. The number of ether oxygens (including phenoxy) is 2. The molecule has 0 aromatic heterocycles. The molecule has 1 saturated heterocycles. The van der Waals surface area contributed by atoms with Crippen LogP contribution in [-0.2, 0) is 14.3 Å². The molecule has 4 rings (SSSR count). The van der Waals surface area contributed by atoms with Crippen LogP contribution < -0.4 is 15.5 Å². The van der Waals surface area contributed by atoms with E-state index in [-0.39, 0.29) is 17.8 Å². The third kappa shape index (κ3) is 4.11. The SMILES string of the molecule is Cc1cc(NC=C2C(=O)Nc3cccc(F)c32)ccc1N(C)CCC1OCCO1. The van der Waals surface area contributed by atoms with Gasteiger partial charge >= 0.3 is 0 Å². The largest absolute Gasteiger partial charge is 0.374 e. The molecule has 152 valence electrons. The van der Waals surface area contributed by atoms with Crippen LogP contribution in [0.25, 0.3) is 5.57 Å². The first-order chi connectivity index (χ1) is 14.0. The lowest BCUT2D eigenvalue weighted by Gasteiger charge is -2.23. The van der Waals surface area contributed by atoms with Crippen molar-refractivity contribution in [2.75, 3.05) is 42.3 Å². The van der Waals surface area contributed by atoms with E-state index in [0.29, 0.717) is 24.5 Å². The van der Waals surface area contributed by atoms with Gasteiger partial charge in [0.1, 0.15) is 5.82 Å². The summed E-state index contributed by atoms with van der Waals surface area (Å²) in [4.78, 5) is 14.3. The van der Waals surface area contributed by atoms with Crippen molar-refractivity contribution in [1.29, 1.82) is 0 Å². The molecule has 0 saturated carbocycles. The number of rotatable bonds is 6. The molecule has 0 aliphatic carbocycles. The highest BCUT2D eigenvalue weighted by atomic mass is 19.1. The van der Waals surface area contributed by atoms with Gasteiger partial charge in [-0.25, -0.2) is 4.39 Å². The highest BCUT2D eigenvalue weighted by Crippen LogP contribution is 2.34. The van der Waals surface area contributed by atoms with E-state index in [1.54, 1.807) is 18.3 Å². The van der Waals surface area contributed by atoms with Crippen LogP contribution in [0.2, 0.25) is 0 Å². The highest BCUT2D eigenvalue weighted by Gasteiger charge is 2.27. The van der Waals surface area contributed by atoms with Gasteiger partial charge in [0.15, 0.2) is 6.29 Å². The van der Waals surface area contributed by atoms with Crippen molar-refractivity contribution in [2.24, 2.45) is 0 Å². The first kappa shape index (κ1) is 19.4. The second kappa shape index (κ2) is 8.23. The van der Waals surface area contributed by atoms with Crippen LogP contribution in [0.15, 0.2) is 42.6 Å². The topological polar surface area (TPSA) is 62.8 Å². The van der Waals surface area contributed by atoms with E-state index >= 15 is 0 Å². The van der Waals surface area contributed by atoms with E-state index in [2.05, 4.69) is 15.5 Å². The van der Waals surface area contributed by atoms with Gasteiger partial charge in [0, 0.05) is 43.2 Å². The van der Waals surface area contributed by atoms with Gasteiger partial charge in [-0.1, -0.05) is 6.07 Å². The second-order valence-electron chi connectivity index (χ2n) is 7.20. The van der Waals surface area contributed by atoms with E-state index < -0.39 is 5.82 Å². The molecular formula is C22H24FN3O3. The van der Waals surface area contributed by atoms with E-state index in [1.807, 2.05) is 32.2 Å². The predicted octanol–water partition coefficient (Wildman–Crippen LogP) is 3.74. The fraction of sp³-hybridized carbons (Fsp3) is 0.318. The number of fused-ring (bicyclic) bond motifs is 1. The second-order valence-corrected chi connectivity index (χ2v) is 7.20. The number of carbonyl (C=O) groups is 1. The first-order valence-electron chi connectivity index (χ1n) is 9.65. The number of anilines is 3. The van der Waals surface area contributed by atoms with Gasteiger partial charge in [-0.15, -0.1) is 0 Å². The number of carbonyl (C=O) groups excluding carboxylic acids is 1. The van der Waals surface area contributed by atoms with E-state index in [9.17, 15) is 9.18 Å². The molecule has 2 aromatic carbocycles. The van der Waals surface area contributed by atoms with Crippen molar-refractivity contribution in [3.63, 3.8) is 0 Å². The molecular weight excluding hydrogens is 373 g/mol. The number of hydrogen-bond acceptors (Lipinski definition) is 5. The smallest absolute Gasteiger partial charge is 0.257 e. The van der Waals surface area contributed by atoms with E-state index in [4.69, 9.17) is 9.47 Å². The van der Waals surface area contributed by atoms with Gasteiger partial charge in [0.2, 0.25) is 0 Å². The van der Waals surface area contributed by atoms with Crippen LogP contribution in [0.5, 0.6) is 0 Å². The Morgan fingerprint density at radius 2 is 2.07 bits per heavy atom. The van der Waals surface area contributed by atoms with Crippen molar-refractivity contribution in [2.45, 2.75) is 19.6 Å². The van der Waals surface area contributed by atoms with Gasteiger partial charge in [-0.05, 0) is 42.8 Å². The minimum atomic E-state index is -0.419. The molecule has 1 fully saturated rings. The number of nitrogens with zero attached hydrogens (tertiary/aromatic N) is 1. The van der Waals surface area contributed by atoms with Crippen molar-refractivity contribution in [3.05, 3.63) is 59.5 Å². The summed E-state index contributed by atoms with van der Waals surface area (Å²) in [7, 11) is 2.04. The predicted molar refractivity (Wildman–Crippen MR) is 111 cm³/mol. The van der Waals surface area contributed by atoms with Crippen molar-refractivity contribution >= 4 is 28.5 Å². The number of halogens is 1. The molecule has 2 aromatic rings. The Labute approximate surface area is 169 Å². The van der Waals surface area contributed by atoms with Crippen molar-refractivity contribution in [3.8, 4) is 0 Å². The number of nitrogens with one attached hydrogen (secondary N) is 2. The van der Waals surface area contributed by atoms with Gasteiger partial charge < -0.3 is 25.0 Å². The van der Waals surface area contributed by atoms with Gasteiger partial charge in [-0.2, -0.15) is 0 Å². The quantitative estimate of drug-likeness (QED) is 0.727. The molecule has 1 amide bonds. The Bertz CT molecular complexity index is 954. The summed E-state index contributed by atoms with van der Waals surface area (Å²) in [6.07, 6.45) is 2.24. The summed E-state index contributed by atoms with van der Waals surface area (Å²) in [5.41, 5.74) is 4.10. The average Bonchev–Trinajstić information content (AvgIpc) is 3.32. The molecule has 2 aliphatic heterocycles. The molecule has 0 radical (unpaired) electrons. The molecule has 2 aliphatic rings. The molecule has 0 spiro atoms. The van der Waals surface area contributed by atoms with Gasteiger partial charge in [0.25, 0.3) is 5.91 Å². The lowest BCUT2D eigenvalue weighted by atomic mass is 10.1. The molecule has 0 unspecified atom stereocenters. The van der Waals surface area contributed by atoms with Crippen molar-refractivity contribution in [1.82, 2.24) is 0 Å². The van der Waals surface area contributed by atoms with Gasteiger partial charge in [-0.3, -0.25) is 4.79 Å². The first-order valence-corrected chi connectivity index (χ1v) is 9.65. The van der Waals surface area contributed by atoms with Crippen LogP contribution in [0.3, 0.4) is 0 Å². The monoisotopic (exact) mass is 397 g/mol. The lowest BCUT2D eigenvalue weighted by Crippen LogP contribution is -2.24. The zero-order chi connectivity index (χ0) is 20.4. The zero-order valence-corrected chi connectivity index (χ0v) is 16.5. The fourth-order valence-corrected chi connectivity index (χ4v) is 3.67. The minimum Gasteiger partial charge on any atom is -0.374 e. The summed E-state index contributed by atoms with van der Waals surface area (Å²) in [5, 5.41) is 5.80. The fourth-order valence-electron chi connectivity index (χ4n) is 3.67. The Morgan fingerprint density at radius 1 is 1.28 bits per heavy atom. The Balaban J connectivity index is 1.45. The summed E-state index contributed by atoms with van der Waals surface area (Å²) in [5.74, 6) is -0.737. The molecule has 2 heterocycles. The summed E-state index contributed by atoms with van der Waals surface area (Å²) >= 11 is 0. The maximum absolute atomic E-state index is 14.1. The molecule has 29 heavy (non-hydrogen) atoms. The van der Waals surface area contributed by atoms with Crippen LogP contribution in [-0.4, -0.2) is 39.0 Å². The Hall–Kier alpha value is -2.90. The Kier molecular flexibility index (Phi) is 5.51. The number of benzene rings is 2. The van der Waals surface area contributed by atoms with E-state index in [1.165, 1.54) is 6.07 Å². The maximum atomic E-state index is 14.1. The summed E-state index contributed by atoms with van der Waals surface area (Å²) in [6.45, 7) is 4.17. The standard InChI is InChI=1S/C22H24FN3O3/c1-14-12-15(6-7-19(14)26(2)9-8-20-28-10-11-29-20)24-13-16-21-17(23)4-3-5-18(21)25-22(16)27/h3-7,12-13,20,24H,8-11H2,1-2H3,(H,25,27). The minimum absolute atomic E-state index is 0.119. The highest BCUT2D eigenvalue weighted by molar-refractivity contribution is 6.31. The molecule has 6 nitrogen and oxygen atoms in total. The van der Waals surface area contributed by atoms with Crippen LogP contribution >= 0.6 is 0 Å². The normalized spacial score (nSPS) is 17.5. The molecule has 0 atom stereocenters. The lowest BCUT2D eigenvalue weighted by molar-refractivity contribution is -0.110. The average molecular weight is 397 g/mol. The van der Waals surface area contributed by atoms with E-state index in [0.717, 1.165) is 29.9 Å². The molecule has 2 N–H and O–H groups in total. The maximum Gasteiger partial charge on any atom is 0.257 e. The Morgan fingerprint density at radius 3 is 2.83 bits per heavy atom. The third-order valence-corrected chi connectivity index (χ3v) is 5.16. The zero-order valence-electron chi connectivity index (χ0n) is 16.5.